The average Bonchev–Trinajstić information content (AvgIpc) is 2.88. The molecule has 0 bridgehead atoms. The summed E-state index contributed by atoms with van der Waals surface area (Å²) in [5.41, 5.74) is 6.89. The molecule has 1 aliphatic heterocycles. The molecule has 98 valence electrons. The maximum absolute atomic E-state index is 12.5. The maximum Gasteiger partial charge on any atom is 0.255 e. The van der Waals surface area contributed by atoms with Crippen LogP contribution >= 0.6 is 15.9 Å². The molecule has 0 saturated carbocycles. The molecule has 2 N–H and O–H groups in total. The van der Waals surface area contributed by atoms with Crippen molar-refractivity contribution in [2.45, 2.75) is 13.1 Å². The van der Waals surface area contributed by atoms with Crippen molar-refractivity contribution < 1.29 is 4.79 Å². The Morgan fingerprint density at radius 3 is 3.05 bits per heavy atom. The molecule has 0 atom stereocenters. The second-order valence-corrected chi connectivity index (χ2v) is 5.26. The van der Waals surface area contributed by atoms with Crippen LogP contribution < -0.4 is 5.73 Å². The van der Waals surface area contributed by atoms with Gasteiger partial charge in [-0.2, -0.15) is 0 Å². The number of carbonyl (C=O) groups excluding carboxylic acids is 1. The highest BCUT2D eigenvalue weighted by atomic mass is 79.9. The predicted octanol–water partition coefficient (Wildman–Crippen LogP) is 1.28. The number of hydrogen-bond acceptors (Lipinski definition) is 4. The Labute approximate surface area is 118 Å². The molecule has 0 saturated heterocycles. The molecule has 7 heteroatoms. The van der Waals surface area contributed by atoms with Gasteiger partial charge in [0.25, 0.3) is 5.91 Å². The normalized spacial score (nSPS) is 14.3. The molecule has 1 aromatic carbocycles. The first-order chi connectivity index (χ1) is 9.15. The van der Waals surface area contributed by atoms with Crippen molar-refractivity contribution in [1.82, 2.24) is 19.7 Å². The lowest BCUT2D eigenvalue weighted by Crippen LogP contribution is -2.38. The van der Waals surface area contributed by atoms with Gasteiger partial charge >= 0.3 is 0 Å². The number of amides is 1. The van der Waals surface area contributed by atoms with E-state index in [4.69, 9.17) is 5.73 Å². The van der Waals surface area contributed by atoms with E-state index in [9.17, 15) is 4.79 Å². The second kappa shape index (κ2) is 4.65. The van der Waals surface area contributed by atoms with Crippen LogP contribution in [-0.4, -0.2) is 32.1 Å². The molecular weight excluding hydrogens is 310 g/mol. The molecule has 1 amide bonds. The average molecular weight is 322 g/mol. The Kier molecular flexibility index (Phi) is 2.98. The fourth-order valence-electron chi connectivity index (χ4n) is 2.12. The fraction of sp³-hybridized carbons (Fsp3) is 0.250. The van der Waals surface area contributed by atoms with Gasteiger partial charge in [0.05, 0.1) is 12.1 Å². The fourth-order valence-corrected chi connectivity index (χ4v) is 2.53. The molecule has 0 spiro atoms. The van der Waals surface area contributed by atoms with Gasteiger partial charge in [0.2, 0.25) is 0 Å². The van der Waals surface area contributed by atoms with Crippen molar-refractivity contribution in [3.05, 3.63) is 40.4 Å². The van der Waals surface area contributed by atoms with E-state index in [1.54, 1.807) is 29.4 Å². The maximum atomic E-state index is 12.5. The molecule has 0 fully saturated rings. The molecule has 6 nitrogen and oxygen atoms in total. The smallest absolute Gasteiger partial charge is 0.255 e. The molecule has 1 aromatic heterocycles. The van der Waals surface area contributed by atoms with Crippen LogP contribution in [0.5, 0.6) is 0 Å². The lowest BCUT2D eigenvalue weighted by molar-refractivity contribution is 0.0706. The summed E-state index contributed by atoms with van der Waals surface area (Å²) >= 11 is 3.39. The first-order valence-corrected chi connectivity index (χ1v) is 6.65. The molecule has 2 aromatic rings. The number of nitrogens with two attached hydrogens (primary N) is 1. The molecule has 3 rings (SSSR count). The number of anilines is 1. The zero-order valence-corrected chi connectivity index (χ0v) is 11.7. The van der Waals surface area contributed by atoms with Crippen LogP contribution in [0.2, 0.25) is 0 Å². The van der Waals surface area contributed by atoms with Gasteiger partial charge in [-0.15, -0.1) is 10.2 Å². The third-order valence-corrected chi connectivity index (χ3v) is 3.84. The summed E-state index contributed by atoms with van der Waals surface area (Å²) in [4.78, 5) is 14.2. The summed E-state index contributed by atoms with van der Waals surface area (Å²) in [6.45, 7) is 1.83. The highest BCUT2D eigenvalue weighted by Gasteiger charge is 2.24. The van der Waals surface area contributed by atoms with E-state index in [0.717, 1.165) is 10.3 Å². The van der Waals surface area contributed by atoms with Gasteiger partial charge in [0.1, 0.15) is 6.33 Å². The van der Waals surface area contributed by atoms with Crippen LogP contribution in [-0.2, 0) is 13.1 Å². The minimum atomic E-state index is -0.0478. The van der Waals surface area contributed by atoms with Crippen LogP contribution in [0.3, 0.4) is 0 Å². The highest BCUT2D eigenvalue weighted by molar-refractivity contribution is 9.10. The van der Waals surface area contributed by atoms with Crippen molar-refractivity contribution >= 4 is 27.5 Å². The van der Waals surface area contributed by atoms with Crippen molar-refractivity contribution in [2.24, 2.45) is 0 Å². The Hall–Kier alpha value is -1.89. The zero-order chi connectivity index (χ0) is 13.4. The monoisotopic (exact) mass is 321 g/mol. The van der Waals surface area contributed by atoms with E-state index >= 15 is 0 Å². The number of halogens is 1. The summed E-state index contributed by atoms with van der Waals surface area (Å²) < 4.78 is 2.71. The Morgan fingerprint density at radius 1 is 1.37 bits per heavy atom. The summed E-state index contributed by atoms with van der Waals surface area (Å²) in [5.74, 6) is 0.757. The van der Waals surface area contributed by atoms with E-state index in [0.29, 0.717) is 30.9 Å². The molecule has 0 unspecified atom stereocenters. The van der Waals surface area contributed by atoms with E-state index in [2.05, 4.69) is 26.1 Å². The van der Waals surface area contributed by atoms with Gasteiger partial charge in [0.15, 0.2) is 5.82 Å². The zero-order valence-electron chi connectivity index (χ0n) is 10.1. The van der Waals surface area contributed by atoms with Crippen molar-refractivity contribution in [1.29, 1.82) is 0 Å². The Balaban J connectivity index is 1.87. The molecule has 2 heterocycles. The minimum Gasteiger partial charge on any atom is -0.399 e. The number of benzene rings is 1. The number of nitrogens with zero attached hydrogens (tertiary/aromatic N) is 4. The molecule has 1 aliphatic rings. The Bertz CT molecular complexity index is 639. The van der Waals surface area contributed by atoms with E-state index < -0.39 is 0 Å². The quantitative estimate of drug-likeness (QED) is 0.803. The molecular formula is C12H12BrN5O. The Morgan fingerprint density at radius 2 is 2.21 bits per heavy atom. The number of aromatic nitrogens is 3. The summed E-state index contributed by atoms with van der Waals surface area (Å²) in [6.07, 6.45) is 1.69. The lowest BCUT2D eigenvalue weighted by atomic mass is 10.1. The summed E-state index contributed by atoms with van der Waals surface area (Å²) in [7, 11) is 0. The first kappa shape index (κ1) is 12.2. The van der Waals surface area contributed by atoms with Gasteiger partial charge in [-0.05, 0) is 34.1 Å². The number of fused-ring (bicyclic) bond motifs is 1. The largest absolute Gasteiger partial charge is 0.399 e. The van der Waals surface area contributed by atoms with Gasteiger partial charge in [-0.3, -0.25) is 4.79 Å². The van der Waals surface area contributed by atoms with Crippen molar-refractivity contribution in [3.63, 3.8) is 0 Å². The summed E-state index contributed by atoms with van der Waals surface area (Å²) in [6, 6.07) is 5.23. The van der Waals surface area contributed by atoms with Crippen LogP contribution in [0.1, 0.15) is 16.2 Å². The molecule has 19 heavy (non-hydrogen) atoms. The number of carbonyl (C=O) groups is 1. The van der Waals surface area contributed by atoms with Crippen molar-refractivity contribution in [2.75, 3.05) is 12.3 Å². The van der Waals surface area contributed by atoms with Gasteiger partial charge in [-0.1, -0.05) is 0 Å². The van der Waals surface area contributed by atoms with Crippen LogP contribution in [0.25, 0.3) is 0 Å². The van der Waals surface area contributed by atoms with Crippen LogP contribution in [0.4, 0.5) is 5.69 Å². The SMILES string of the molecule is Nc1ccc(Br)c(C(=O)N2CCn3cnnc3C2)c1. The third-order valence-electron chi connectivity index (χ3n) is 3.15. The lowest BCUT2D eigenvalue weighted by Gasteiger charge is -2.27. The number of hydrogen-bond donors (Lipinski definition) is 1. The van der Waals surface area contributed by atoms with E-state index in [1.165, 1.54) is 0 Å². The minimum absolute atomic E-state index is 0.0478. The summed E-state index contributed by atoms with van der Waals surface area (Å²) in [5, 5.41) is 7.85. The van der Waals surface area contributed by atoms with E-state index in [-0.39, 0.29) is 5.91 Å². The number of nitrogen functional groups attached to an aromatic ring is 1. The van der Waals surface area contributed by atoms with Gasteiger partial charge in [0, 0.05) is 23.2 Å². The second-order valence-electron chi connectivity index (χ2n) is 4.41. The van der Waals surface area contributed by atoms with Crippen molar-refractivity contribution in [3.8, 4) is 0 Å². The first-order valence-electron chi connectivity index (χ1n) is 5.86. The standard InChI is InChI=1S/C12H12BrN5O/c13-10-2-1-8(14)5-9(10)12(19)17-3-4-18-7-15-16-11(18)6-17/h1-2,5,7H,3-4,6,14H2. The highest BCUT2D eigenvalue weighted by Crippen LogP contribution is 2.22. The topological polar surface area (TPSA) is 77.0 Å². The number of rotatable bonds is 1. The van der Waals surface area contributed by atoms with Gasteiger partial charge in [-0.25, -0.2) is 0 Å². The van der Waals surface area contributed by atoms with E-state index in [1.807, 2.05) is 4.57 Å². The molecule has 0 aliphatic carbocycles. The molecule has 0 radical (unpaired) electrons. The van der Waals surface area contributed by atoms with Crippen LogP contribution in [0, 0.1) is 0 Å². The predicted molar refractivity (Wildman–Crippen MR) is 73.3 cm³/mol. The van der Waals surface area contributed by atoms with Crippen LogP contribution in [0.15, 0.2) is 29.0 Å². The van der Waals surface area contributed by atoms with Gasteiger partial charge < -0.3 is 15.2 Å². The third kappa shape index (κ3) is 2.21.